The van der Waals surface area contributed by atoms with E-state index in [9.17, 15) is 10.1 Å². The number of esters is 1. The molecule has 0 saturated heterocycles. The first kappa shape index (κ1) is 13.8. The van der Waals surface area contributed by atoms with Crippen LogP contribution in [0.25, 0.3) is 10.8 Å². The maximum absolute atomic E-state index is 12.1. The van der Waals surface area contributed by atoms with Gasteiger partial charge in [-0.25, -0.2) is 4.98 Å². The lowest BCUT2D eigenvalue weighted by molar-refractivity contribution is -0.153. The summed E-state index contributed by atoms with van der Waals surface area (Å²) >= 11 is 1.53. The van der Waals surface area contributed by atoms with Gasteiger partial charge in [-0.1, -0.05) is 18.9 Å². The molecule has 1 saturated carbocycles. The van der Waals surface area contributed by atoms with E-state index >= 15 is 0 Å². The van der Waals surface area contributed by atoms with Crippen molar-refractivity contribution in [2.24, 2.45) is 5.41 Å². The molecule has 0 aromatic carbocycles. The van der Waals surface area contributed by atoms with Crippen LogP contribution in [0.1, 0.15) is 31.4 Å². The smallest absolute Gasteiger partial charge is 0.326 e. The van der Waals surface area contributed by atoms with E-state index < -0.39 is 11.4 Å². The number of nitriles is 1. The van der Waals surface area contributed by atoms with Gasteiger partial charge in [-0.2, -0.15) is 5.26 Å². The van der Waals surface area contributed by atoms with Crippen LogP contribution in [0, 0.1) is 16.7 Å². The van der Waals surface area contributed by atoms with Crippen LogP contribution in [-0.4, -0.2) is 11.0 Å². The number of hydrogen-bond acceptors (Lipinski definition) is 6. The second kappa shape index (κ2) is 5.70. The Morgan fingerprint density at radius 3 is 3.00 bits per heavy atom. The first-order valence-electron chi connectivity index (χ1n) is 6.80. The Hall–Kier alpha value is -2.13. The van der Waals surface area contributed by atoms with Crippen molar-refractivity contribution in [2.75, 3.05) is 0 Å². The summed E-state index contributed by atoms with van der Waals surface area (Å²) in [4.78, 5) is 17.3. The molecule has 5 nitrogen and oxygen atoms in total. The Kier molecular flexibility index (Phi) is 3.76. The molecule has 0 unspecified atom stereocenters. The van der Waals surface area contributed by atoms with Gasteiger partial charge in [0, 0.05) is 0 Å². The van der Waals surface area contributed by atoms with Crippen LogP contribution in [0.5, 0.6) is 0 Å². The molecular weight excluding hydrogens is 288 g/mol. The average molecular weight is 302 g/mol. The minimum absolute atomic E-state index is 0.0388. The Morgan fingerprint density at radius 2 is 2.33 bits per heavy atom. The number of carbonyl (C=O) groups is 1. The lowest BCUT2D eigenvalue weighted by atomic mass is 9.88. The SMILES string of the molecule is N#CC1(C(=O)OCc2coc(-c3cccs3)n2)CCCC1. The first-order chi connectivity index (χ1) is 10.2. The zero-order chi connectivity index (χ0) is 14.7. The van der Waals surface area contributed by atoms with E-state index in [1.54, 1.807) is 0 Å². The Bertz CT molecular complexity index is 663. The molecule has 1 aliphatic carbocycles. The van der Waals surface area contributed by atoms with Crippen molar-refractivity contribution in [1.29, 1.82) is 5.26 Å². The Morgan fingerprint density at radius 1 is 1.52 bits per heavy atom. The number of hydrogen-bond donors (Lipinski definition) is 0. The lowest BCUT2D eigenvalue weighted by Crippen LogP contribution is -2.28. The molecule has 3 rings (SSSR count). The van der Waals surface area contributed by atoms with Crippen molar-refractivity contribution in [3.05, 3.63) is 29.5 Å². The van der Waals surface area contributed by atoms with Crippen molar-refractivity contribution >= 4 is 17.3 Å². The van der Waals surface area contributed by atoms with Gasteiger partial charge in [0.25, 0.3) is 0 Å². The standard InChI is InChI=1S/C15H14N2O3S/c16-10-15(5-1-2-6-15)14(18)20-9-11-8-19-13(17-11)12-4-3-7-21-12/h3-4,7-8H,1-2,5-6,9H2. The molecule has 1 fully saturated rings. The highest BCUT2D eigenvalue weighted by atomic mass is 32.1. The van der Waals surface area contributed by atoms with Gasteiger partial charge in [0.15, 0.2) is 5.41 Å². The van der Waals surface area contributed by atoms with Crippen LogP contribution in [0.15, 0.2) is 28.2 Å². The van der Waals surface area contributed by atoms with E-state index in [1.165, 1.54) is 17.6 Å². The molecular formula is C15H14N2O3S. The average Bonchev–Trinajstić information content (AvgIpc) is 3.24. The Labute approximate surface area is 126 Å². The van der Waals surface area contributed by atoms with Gasteiger partial charge in [-0.05, 0) is 24.3 Å². The highest BCUT2D eigenvalue weighted by Crippen LogP contribution is 2.38. The molecule has 0 atom stereocenters. The molecule has 0 amide bonds. The number of ether oxygens (including phenoxy) is 1. The predicted octanol–water partition coefficient (Wildman–Crippen LogP) is 3.53. The van der Waals surface area contributed by atoms with E-state index in [-0.39, 0.29) is 6.61 Å². The van der Waals surface area contributed by atoms with Gasteiger partial charge < -0.3 is 9.15 Å². The molecule has 1 aliphatic rings. The number of nitrogens with zero attached hydrogens (tertiary/aromatic N) is 2. The summed E-state index contributed by atoms with van der Waals surface area (Å²) in [5.74, 6) is 0.0788. The maximum atomic E-state index is 12.1. The minimum atomic E-state index is -0.958. The summed E-state index contributed by atoms with van der Waals surface area (Å²) in [5, 5.41) is 11.2. The number of aromatic nitrogens is 1. The fourth-order valence-corrected chi connectivity index (χ4v) is 3.16. The number of carbonyl (C=O) groups excluding carboxylic acids is 1. The van der Waals surface area contributed by atoms with Gasteiger partial charge in [-0.15, -0.1) is 11.3 Å². The van der Waals surface area contributed by atoms with Crippen molar-refractivity contribution in [2.45, 2.75) is 32.3 Å². The van der Waals surface area contributed by atoms with Crippen molar-refractivity contribution in [1.82, 2.24) is 4.98 Å². The Balaban J connectivity index is 1.63. The molecule has 6 heteroatoms. The highest BCUT2D eigenvalue weighted by Gasteiger charge is 2.43. The largest absolute Gasteiger partial charge is 0.458 e. The zero-order valence-electron chi connectivity index (χ0n) is 11.4. The van der Waals surface area contributed by atoms with Gasteiger partial charge in [0.05, 0.1) is 10.9 Å². The molecule has 2 aromatic heterocycles. The molecule has 2 heterocycles. The van der Waals surface area contributed by atoms with Crippen LogP contribution in [0.4, 0.5) is 0 Å². The van der Waals surface area contributed by atoms with E-state index in [2.05, 4.69) is 11.1 Å². The second-order valence-electron chi connectivity index (χ2n) is 5.10. The number of thiophene rings is 1. The maximum Gasteiger partial charge on any atom is 0.326 e. The van der Waals surface area contributed by atoms with Crippen LogP contribution < -0.4 is 0 Å². The molecule has 0 bridgehead atoms. The molecule has 0 radical (unpaired) electrons. The molecule has 21 heavy (non-hydrogen) atoms. The topological polar surface area (TPSA) is 76.1 Å². The van der Waals surface area contributed by atoms with Crippen LogP contribution in [-0.2, 0) is 16.1 Å². The molecule has 0 spiro atoms. The number of rotatable bonds is 4. The monoisotopic (exact) mass is 302 g/mol. The van der Waals surface area contributed by atoms with Crippen LogP contribution in [0.2, 0.25) is 0 Å². The molecule has 0 N–H and O–H groups in total. The predicted molar refractivity (Wildman–Crippen MR) is 76.1 cm³/mol. The summed E-state index contributed by atoms with van der Waals surface area (Å²) in [6.45, 7) is 0.0388. The quantitative estimate of drug-likeness (QED) is 0.807. The normalized spacial score (nSPS) is 16.5. The molecule has 0 aliphatic heterocycles. The van der Waals surface area contributed by atoms with Gasteiger partial charge in [-0.3, -0.25) is 4.79 Å². The third kappa shape index (κ3) is 2.69. The molecule has 108 valence electrons. The third-order valence-electron chi connectivity index (χ3n) is 3.70. The summed E-state index contributed by atoms with van der Waals surface area (Å²) in [6, 6.07) is 5.95. The number of oxazole rings is 1. The first-order valence-corrected chi connectivity index (χ1v) is 7.68. The van der Waals surface area contributed by atoms with E-state index in [0.717, 1.165) is 17.7 Å². The fourth-order valence-electron chi connectivity index (χ4n) is 2.50. The summed E-state index contributed by atoms with van der Waals surface area (Å²) in [5.41, 5.74) is -0.404. The second-order valence-corrected chi connectivity index (χ2v) is 6.05. The summed E-state index contributed by atoms with van der Waals surface area (Å²) in [7, 11) is 0. The third-order valence-corrected chi connectivity index (χ3v) is 4.55. The van der Waals surface area contributed by atoms with Crippen LogP contribution in [0.3, 0.4) is 0 Å². The highest BCUT2D eigenvalue weighted by molar-refractivity contribution is 7.13. The van der Waals surface area contributed by atoms with Crippen molar-refractivity contribution < 1.29 is 13.9 Å². The van der Waals surface area contributed by atoms with E-state index in [1.807, 2.05) is 17.5 Å². The minimum Gasteiger partial charge on any atom is -0.458 e. The van der Waals surface area contributed by atoms with Crippen molar-refractivity contribution in [3.8, 4) is 16.8 Å². The van der Waals surface area contributed by atoms with Crippen molar-refractivity contribution in [3.63, 3.8) is 0 Å². The van der Waals surface area contributed by atoms with E-state index in [4.69, 9.17) is 9.15 Å². The lowest BCUT2D eigenvalue weighted by Gasteiger charge is -2.17. The zero-order valence-corrected chi connectivity index (χ0v) is 12.2. The van der Waals surface area contributed by atoms with Gasteiger partial charge in [0.2, 0.25) is 5.89 Å². The van der Waals surface area contributed by atoms with Gasteiger partial charge >= 0.3 is 5.97 Å². The molecule has 2 aromatic rings. The summed E-state index contributed by atoms with van der Waals surface area (Å²) in [6.07, 6.45) is 4.45. The summed E-state index contributed by atoms with van der Waals surface area (Å²) < 4.78 is 10.6. The van der Waals surface area contributed by atoms with Crippen LogP contribution >= 0.6 is 11.3 Å². The van der Waals surface area contributed by atoms with Gasteiger partial charge in [0.1, 0.15) is 18.6 Å². The van der Waals surface area contributed by atoms with E-state index in [0.29, 0.717) is 24.4 Å². The fraction of sp³-hybridized carbons (Fsp3) is 0.400.